The Hall–Kier alpha value is -0.600. The summed E-state index contributed by atoms with van der Waals surface area (Å²) in [5.74, 6) is 1.39. The highest BCUT2D eigenvalue weighted by Crippen LogP contribution is 2.30. The van der Waals surface area contributed by atoms with Crippen LogP contribution in [0, 0.1) is 11.8 Å². The first-order chi connectivity index (χ1) is 10.2. The standard InChI is InChI=1S/C20H36N2/c1-15(2)18-8-10-21(13-18)17(5)12-20(6,7)22-11-9-19(14-22)16(3)4/h8-9,15-17H,10-14H2,1-7H3. The molecule has 0 saturated heterocycles. The molecule has 0 fully saturated rings. The summed E-state index contributed by atoms with van der Waals surface area (Å²) >= 11 is 0. The molecule has 2 aliphatic rings. The predicted molar refractivity (Wildman–Crippen MR) is 97.1 cm³/mol. The molecular weight excluding hydrogens is 268 g/mol. The fraction of sp³-hybridized carbons (Fsp3) is 0.800. The third kappa shape index (κ3) is 4.02. The van der Waals surface area contributed by atoms with Gasteiger partial charge in [0.15, 0.2) is 0 Å². The Balaban J connectivity index is 1.88. The quantitative estimate of drug-likeness (QED) is 0.674. The minimum atomic E-state index is 0.271. The first-order valence-electron chi connectivity index (χ1n) is 9.07. The molecule has 0 N–H and O–H groups in total. The van der Waals surface area contributed by atoms with Crippen LogP contribution in [0.5, 0.6) is 0 Å². The molecule has 0 radical (unpaired) electrons. The van der Waals surface area contributed by atoms with Crippen molar-refractivity contribution < 1.29 is 0 Å². The van der Waals surface area contributed by atoms with E-state index in [0.29, 0.717) is 17.9 Å². The Labute approximate surface area is 138 Å². The number of nitrogens with zero attached hydrogens (tertiary/aromatic N) is 2. The van der Waals surface area contributed by atoms with Crippen molar-refractivity contribution in [3.8, 4) is 0 Å². The average molecular weight is 305 g/mol. The zero-order valence-electron chi connectivity index (χ0n) is 15.8. The number of hydrogen-bond acceptors (Lipinski definition) is 2. The molecule has 2 rings (SSSR count). The molecule has 0 aromatic rings. The second kappa shape index (κ2) is 6.88. The minimum Gasteiger partial charge on any atom is -0.293 e. The van der Waals surface area contributed by atoms with Crippen molar-refractivity contribution in [2.45, 2.75) is 66.5 Å². The van der Waals surface area contributed by atoms with Crippen LogP contribution in [0.25, 0.3) is 0 Å². The van der Waals surface area contributed by atoms with Crippen molar-refractivity contribution in [1.29, 1.82) is 0 Å². The van der Waals surface area contributed by atoms with Crippen molar-refractivity contribution >= 4 is 0 Å². The van der Waals surface area contributed by atoms with Crippen LogP contribution in [0.3, 0.4) is 0 Å². The Kier molecular flexibility index (Phi) is 5.55. The highest BCUT2D eigenvalue weighted by molar-refractivity contribution is 5.17. The van der Waals surface area contributed by atoms with Crippen molar-refractivity contribution in [2.75, 3.05) is 26.2 Å². The van der Waals surface area contributed by atoms with Gasteiger partial charge in [0.25, 0.3) is 0 Å². The number of rotatable bonds is 6. The lowest BCUT2D eigenvalue weighted by Crippen LogP contribution is -2.47. The lowest BCUT2D eigenvalue weighted by Gasteiger charge is -2.40. The SMILES string of the molecule is CC(C)C1=CCN(C(C)CC(C)(C)N2CC=C(C(C)C)C2)C1. The van der Waals surface area contributed by atoms with Crippen molar-refractivity contribution in [2.24, 2.45) is 11.8 Å². The van der Waals surface area contributed by atoms with Gasteiger partial charge in [0, 0.05) is 37.8 Å². The maximum atomic E-state index is 2.66. The van der Waals surface area contributed by atoms with E-state index in [2.05, 4.69) is 70.4 Å². The second-order valence-electron chi connectivity index (χ2n) is 8.54. The van der Waals surface area contributed by atoms with Gasteiger partial charge in [-0.3, -0.25) is 9.80 Å². The Morgan fingerprint density at radius 3 is 1.95 bits per heavy atom. The highest BCUT2D eigenvalue weighted by Gasteiger charge is 2.33. The molecule has 0 bridgehead atoms. The highest BCUT2D eigenvalue weighted by atomic mass is 15.2. The molecule has 2 heteroatoms. The molecule has 0 aromatic heterocycles. The van der Waals surface area contributed by atoms with Crippen LogP contribution >= 0.6 is 0 Å². The molecule has 0 spiro atoms. The van der Waals surface area contributed by atoms with Crippen LogP contribution in [0.15, 0.2) is 23.3 Å². The Bertz CT molecular complexity index is 443. The maximum absolute atomic E-state index is 2.66. The maximum Gasteiger partial charge on any atom is 0.0204 e. The molecule has 1 unspecified atom stereocenters. The fourth-order valence-corrected chi connectivity index (χ4v) is 3.79. The second-order valence-corrected chi connectivity index (χ2v) is 8.54. The average Bonchev–Trinajstić information content (AvgIpc) is 3.08. The van der Waals surface area contributed by atoms with Gasteiger partial charge >= 0.3 is 0 Å². The molecule has 0 aromatic carbocycles. The van der Waals surface area contributed by atoms with Crippen LogP contribution < -0.4 is 0 Å². The summed E-state index contributed by atoms with van der Waals surface area (Å²) in [7, 11) is 0. The van der Waals surface area contributed by atoms with Crippen molar-refractivity contribution in [1.82, 2.24) is 9.80 Å². The monoisotopic (exact) mass is 304 g/mol. The fourth-order valence-electron chi connectivity index (χ4n) is 3.79. The Morgan fingerprint density at radius 1 is 0.909 bits per heavy atom. The third-order valence-electron chi connectivity index (χ3n) is 5.68. The van der Waals surface area contributed by atoms with E-state index in [4.69, 9.17) is 0 Å². The van der Waals surface area contributed by atoms with Crippen molar-refractivity contribution in [3.63, 3.8) is 0 Å². The van der Waals surface area contributed by atoms with Gasteiger partial charge in [-0.25, -0.2) is 0 Å². The van der Waals surface area contributed by atoms with E-state index in [1.54, 1.807) is 11.1 Å². The molecule has 0 aliphatic carbocycles. The molecule has 1 atom stereocenters. The summed E-state index contributed by atoms with van der Waals surface area (Å²) in [6.45, 7) is 21.1. The van der Waals surface area contributed by atoms with E-state index >= 15 is 0 Å². The summed E-state index contributed by atoms with van der Waals surface area (Å²) in [5, 5.41) is 0. The van der Waals surface area contributed by atoms with Gasteiger partial charge in [0.05, 0.1) is 0 Å². The topological polar surface area (TPSA) is 6.48 Å². The summed E-state index contributed by atoms with van der Waals surface area (Å²) in [4.78, 5) is 5.30. The lowest BCUT2D eigenvalue weighted by atomic mass is 9.92. The zero-order chi connectivity index (χ0) is 16.5. The molecule has 0 saturated carbocycles. The van der Waals surface area contributed by atoms with Gasteiger partial charge in [0.2, 0.25) is 0 Å². The normalized spacial score (nSPS) is 22.6. The van der Waals surface area contributed by atoms with E-state index in [0.717, 1.165) is 19.6 Å². The lowest BCUT2D eigenvalue weighted by molar-refractivity contribution is 0.106. The zero-order valence-corrected chi connectivity index (χ0v) is 15.8. The smallest absolute Gasteiger partial charge is 0.0204 e. The van der Waals surface area contributed by atoms with E-state index in [1.165, 1.54) is 13.0 Å². The van der Waals surface area contributed by atoms with Gasteiger partial charge in [0.1, 0.15) is 0 Å². The summed E-state index contributed by atoms with van der Waals surface area (Å²) < 4.78 is 0. The van der Waals surface area contributed by atoms with Crippen LogP contribution in [0.4, 0.5) is 0 Å². The summed E-state index contributed by atoms with van der Waals surface area (Å²) in [6, 6.07) is 0.644. The van der Waals surface area contributed by atoms with Gasteiger partial charge in [-0.1, -0.05) is 51.0 Å². The Morgan fingerprint density at radius 2 is 1.45 bits per heavy atom. The summed E-state index contributed by atoms with van der Waals surface area (Å²) in [5.41, 5.74) is 3.51. The molecule has 2 heterocycles. The van der Waals surface area contributed by atoms with Gasteiger partial charge in [-0.05, 0) is 39.0 Å². The van der Waals surface area contributed by atoms with E-state index in [9.17, 15) is 0 Å². The predicted octanol–water partition coefficient (Wildman–Crippen LogP) is 4.34. The van der Waals surface area contributed by atoms with Crippen LogP contribution in [-0.2, 0) is 0 Å². The van der Waals surface area contributed by atoms with E-state index < -0.39 is 0 Å². The first-order valence-corrected chi connectivity index (χ1v) is 9.07. The van der Waals surface area contributed by atoms with E-state index in [1.807, 2.05) is 0 Å². The van der Waals surface area contributed by atoms with E-state index in [-0.39, 0.29) is 5.54 Å². The van der Waals surface area contributed by atoms with Gasteiger partial charge < -0.3 is 0 Å². The summed E-state index contributed by atoms with van der Waals surface area (Å²) in [6.07, 6.45) is 6.14. The third-order valence-corrected chi connectivity index (χ3v) is 5.68. The van der Waals surface area contributed by atoms with Gasteiger partial charge in [-0.15, -0.1) is 0 Å². The molecule has 22 heavy (non-hydrogen) atoms. The molecular formula is C20H36N2. The van der Waals surface area contributed by atoms with Crippen LogP contribution in [-0.4, -0.2) is 47.6 Å². The first kappa shape index (κ1) is 17.7. The largest absolute Gasteiger partial charge is 0.293 e. The molecule has 126 valence electrons. The molecule has 2 nitrogen and oxygen atoms in total. The minimum absolute atomic E-state index is 0.271. The number of hydrogen-bond donors (Lipinski definition) is 0. The van der Waals surface area contributed by atoms with Crippen LogP contribution in [0.1, 0.15) is 54.9 Å². The van der Waals surface area contributed by atoms with Crippen LogP contribution in [0.2, 0.25) is 0 Å². The van der Waals surface area contributed by atoms with Crippen molar-refractivity contribution in [3.05, 3.63) is 23.3 Å². The molecule has 0 amide bonds. The molecule has 2 aliphatic heterocycles. The van der Waals surface area contributed by atoms with Gasteiger partial charge in [-0.2, -0.15) is 0 Å².